The summed E-state index contributed by atoms with van der Waals surface area (Å²) in [7, 11) is 0. The topological polar surface area (TPSA) is 86.7 Å². The highest BCUT2D eigenvalue weighted by atomic mass is 16.4. The van der Waals surface area contributed by atoms with Gasteiger partial charge < -0.3 is 15.3 Å². The van der Waals surface area contributed by atoms with E-state index in [2.05, 4.69) is 5.32 Å². The van der Waals surface area contributed by atoms with Crippen molar-refractivity contribution in [3.8, 4) is 0 Å². The fraction of sp³-hybridized carbons (Fsp3) is 0.316. The molecule has 1 fully saturated rings. The molecule has 0 saturated carbocycles. The second-order valence-corrected chi connectivity index (χ2v) is 6.18. The van der Waals surface area contributed by atoms with Crippen LogP contribution in [0.1, 0.15) is 18.4 Å². The average molecular weight is 340 g/mol. The largest absolute Gasteiger partial charge is 0.480 e. The molecule has 1 saturated heterocycles. The Morgan fingerprint density at radius 3 is 2.68 bits per heavy atom. The summed E-state index contributed by atoms with van der Waals surface area (Å²) in [4.78, 5) is 36.8. The summed E-state index contributed by atoms with van der Waals surface area (Å²) < 4.78 is 0. The van der Waals surface area contributed by atoms with Gasteiger partial charge >= 0.3 is 5.97 Å². The van der Waals surface area contributed by atoms with Gasteiger partial charge in [0.1, 0.15) is 6.04 Å². The van der Waals surface area contributed by atoms with Gasteiger partial charge in [-0.05, 0) is 29.2 Å². The Morgan fingerprint density at radius 1 is 1.12 bits per heavy atom. The van der Waals surface area contributed by atoms with Crippen LogP contribution in [0.15, 0.2) is 42.5 Å². The number of rotatable bonds is 5. The zero-order valence-electron chi connectivity index (χ0n) is 13.8. The second-order valence-electron chi connectivity index (χ2n) is 6.18. The first-order valence-electron chi connectivity index (χ1n) is 8.32. The normalized spacial score (nSPS) is 16.8. The van der Waals surface area contributed by atoms with Gasteiger partial charge in [-0.3, -0.25) is 9.59 Å². The molecule has 2 aromatic carbocycles. The van der Waals surface area contributed by atoms with Crippen LogP contribution in [0.5, 0.6) is 0 Å². The summed E-state index contributed by atoms with van der Waals surface area (Å²) in [6.07, 6.45) is 1.31. The average Bonchev–Trinajstić information content (AvgIpc) is 3.10. The molecule has 1 atom stereocenters. The van der Waals surface area contributed by atoms with E-state index in [4.69, 9.17) is 5.11 Å². The molecule has 2 amide bonds. The Morgan fingerprint density at radius 2 is 1.88 bits per heavy atom. The maximum absolute atomic E-state index is 12.2. The van der Waals surface area contributed by atoms with E-state index in [-0.39, 0.29) is 24.8 Å². The van der Waals surface area contributed by atoms with Gasteiger partial charge in [-0.1, -0.05) is 42.5 Å². The lowest BCUT2D eigenvalue weighted by atomic mass is 10.0. The molecule has 0 spiro atoms. The quantitative estimate of drug-likeness (QED) is 0.865. The van der Waals surface area contributed by atoms with E-state index in [1.807, 2.05) is 42.5 Å². The lowest BCUT2D eigenvalue weighted by Gasteiger charge is -2.21. The molecule has 1 heterocycles. The van der Waals surface area contributed by atoms with Gasteiger partial charge in [0.25, 0.3) is 0 Å². The van der Waals surface area contributed by atoms with Gasteiger partial charge in [0, 0.05) is 6.54 Å². The number of hydrogen-bond donors (Lipinski definition) is 2. The minimum Gasteiger partial charge on any atom is -0.480 e. The fourth-order valence-electron chi connectivity index (χ4n) is 3.28. The van der Waals surface area contributed by atoms with Crippen LogP contribution < -0.4 is 5.32 Å². The number of fused-ring (bicyclic) bond motifs is 1. The molecule has 25 heavy (non-hydrogen) atoms. The minimum absolute atomic E-state index is 0.173. The SMILES string of the molecule is O=C(Cc1cccc2ccccc12)NCC(=O)N1CCCC1C(=O)O. The molecule has 6 nitrogen and oxygen atoms in total. The number of likely N-dealkylation sites (tertiary alicyclic amines) is 1. The van der Waals surface area contributed by atoms with Crippen molar-refractivity contribution in [1.29, 1.82) is 0 Å². The molecule has 2 aromatic rings. The third-order valence-corrected chi connectivity index (χ3v) is 4.53. The summed E-state index contributed by atoms with van der Waals surface area (Å²) >= 11 is 0. The predicted molar refractivity (Wildman–Crippen MR) is 93.0 cm³/mol. The molecule has 6 heteroatoms. The first-order valence-corrected chi connectivity index (χ1v) is 8.32. The molecule has 0 bridgehead atoms. The third-order valence-electron chi connectivity index (χ3n) is 4.53. The van der Waals surface area contributed by atoms with Crippen molar-refractivity contribution in [3.63, 3.8) is 0 Å². The third kappa shape index (κ3) is 3.79. The highest BCUT2D eigenvalue weighted by molar-refractivity contribution is 5.92. The van der Waals surface area contributed by atoms with Crippen molar-refractivity contribution in [2.75, 3.05) is 13.1 Å². The van der Waals surface area contributed by atoms with Crippen LogP contribution in [0, 0.1) is 0 Å². The Labute approximate surface area is 145 Å². The predicted octanol–water partition coefficient (Wildman–Crippen LogP) is 1.57. The number of carboxylic acid groups (broad SMARTS) is 1. The number of carboxylic acids is 1. The Hall–Kier alpha value is -2.89. The monoisotopic (exact) mass is 340 g/mol. The molecular formula is C19H20N2O4. The van der Waals surface area contributed by atoms with E-state index < -0.39 is 12.0 Å². The van der Waals surface area contributed by atoms with Crippen LogP contribution in [-0.4, -0.2) is 46.9 Å². The Kier molecular flexibility index (Phi) is 4.97. The van der Waals surface area contributed by atoms with Gasteiger partial charge in [0.05, 0.1) is 13.0 Å². The van der Waals surface area contributed by atoms with Crippen molar-refractivity contribution >= 4 is 28.6 Å². The summed E-state index contributed by atoms with van der Waals surface area (Å²) in [6, 6.07) is 12.8. The first kappa shape index (κ1) is 17.0. The number of nitrogens with one attached hydrogen (secondary N) is 1. The maximum atomic E-state index is 12.2. The van der Waals surface area contributed by atoms with Crippen molar-refractivity contribution in [1.82, 2.24) is 10.2 Å². The molecule has 0 radical (unpaired) electrons. The number of hydrogen-bond acceptors (Lipinski definition) is 3. The number of carbonyl (C=O) groups is 3. The molecule has 1 unspecified atom stereocenters. The van der Waals surface area contributed by atoms with Crippen molar-refractivity contribution in [3.05, 3.63) is 48.0 Å². The molecule has 0 aliphatic carbocycles. The van der Waals surface area contributed by atoms with Crippen LogP contribution in [-0.2, 0) is 20.8 Å². The fourth-order valence-corrected chi connectivity index (χ4v) is 3.28. The van der Waals surface area contributed by atoms with Crippen LogP contribution >= 0.6 is 0 Å². The first-order chi connectivity index (χ1) is 12.1. The lowest BCUT2D eigenvalue weighted by molar-refractivity contribution is -0.148. The minimum atomic E-state index is -0.993. The molecule has 2 N–H and O–H groups in total. The van der Waals surface area contributed by atoms with Gasteiger partial charge in [-0.2, -0.15) is 0 Å². The number of amides is 2. The molecule has 0 aromatic heterocycles. The maximum Gasteiger partial charge on any atom is 0.326 e. The highest BCUT2D eigenvalue weighted by Crippen LogP contribution is 2.19. The number of benzene rings is 2. The van der Waals surface area contributed by atoms with Crippen LogP contribution in [0.4, 0.5) is 0 Å². The van der Waals surface area contributed by atoms with E-state index >= 15 is 0 Å². The van der Waals surface area contributed by atoms with E-state index in [9.17, 15) is 14.4 Å². The van der Waals surface area contributed by atoms with E-state index in [1.54, 1.807) is 0 Å². The molecule has 3 rings (SSSR count). The van der Waals surface area contributed by atoms with E-state index in [1.165, 1.54) is 4.90 Å². The van der Waals surface area contributed by atoms with Crippen molar-refractivity contribution < 1.29 is 19.5 Å². The van der Waals surface area contributed by atoms with Crippen molar-refractivity contribution in [2.24, 2.45) is 0 Å². The van der Waals surface area contributed by atoms with Gasteiger partial charge in [0.15, 0.2) is 0 Å². The zero-order chi connectivity index (χ0) is 17.8. The number of aliphatic carboxylic acids is 1. The summed E-state index contributed by atoms with van der Waals surface area (Å²) in [5.41, 5.74) is 0.896. The van der Waals surface area contributed by atoms with Crippen molar-refractivity contribution in [2.45, 2.75) is 25.3 Å². The van der Waals surface area contributed by atoms with E-state index in [0.717, 1.165) is 16.3 Å². The summed E-state index contributed by atoms with van der Waals surface area (Å²) in [5.74, 6) is -1.60. The summed E-state index contributed by atoms with van der Waals surface area (Å²) in [5, 5.41) is 13.8. The smallest absolute Gasteiger partial charge is 0.326 e. The lowest BCUT2D eigenvalue weighted by Crippen LogP contribution is -2.45. The van der Waals surface area contributed by atoms with Gasteiger partial charge in [0.2, 0.25) is 11.8 Å². The van der Waals surface area contributed by atoms with Crippen LogP contribution in [0.25, 0.3) is 10.8 Å². The zero-order valence-corrected chi connectivity index (χ0v) is 13.8. The standard InChI is InChI=1S/C19H20N2O4/c22-17(11-14-7-3-6-13-5-1-2-8-15(13)14)20-12-18(23)21-10-4-9-16(21)19(24)25/h1-3,5-8,16H,4,9-12H2,(H,20,22)(H,24,25). The second kappa shape index (κ2) is 7.34. The summed E-state index contributed by atoms with van der Waals surface area (Å²) in [6.45, 7) is 0.252. The Balaban J connectivity index is 1.59. The van der Waals surface area contributed by atoms with Gasteiger partial charge in [-0.25, -0.2) is 4.79 Å². The molecular weight excluding hydrogens is 320 g/mol. The molecule has 130 valence electrons. The molecule has 1 aliphatic heterocycles. The Bertz CT molecular complexity index is 813. The number of nitrogens with zero attached hydrogens (tertiary/aromatic N) is 1. The van der Waals surface area contributed by atoms with Crippen LogP contribution in [0.3, 0.4) is 0 Å². The number of carbonyl (C=O) groups excluding carboxylic acids is 2. The van der Waals surface area contributed by atoms with E-state index in [0.29, 0.717) is 19.4 Å². The van der Waals surface area contributed by atoms with Gasteiger partial charge in [-0.15, -0.1) is 0 Å². The molecule has 1 aliphatic rings. The van der Waals surface area contributed by atoms with Crippen LogP contribution in [0.2, 0.25) is 0 Å². The highest BCUT2D eigenvalue weighted by Gasteiger charge is 2.33.